The van der Waals surface area contributed by atoms with Gasteiger partial charge in [0, 0.05) is 17.8 Å². The maximum absolute atomic E-state index is 11.0. The van der Waals surface area contributed by atoms with Crippen LogP contribution in [0.2, 0.25) is 0 Å². The van der Waals surface area contributed by atoms with Gasteiger partial charge in [-0.25, -0.2) is 21.6 Å². The molecule has 0 rings (SSSR count). The summed E-state index contributed by atoms with van der Waals surface area (Å²) in [4.78, 5) is 0. The third-order valence-electron chi connectivity index (χ3n) is 0.853. The second-order valence-electron chi connectivity index (χ2n) is 2.50. The lowest BCUT2D eigenvalue weighted by Gasteiger charge is -2.03. The summed E-state index contributed by atoms with van der Waals surface area (Å²) in [5.74, 6) is 0. The van der Waals surface area contributed by atoms with Gasteiger partial charge in [-0.05, 0) is 0 Å². The van der Waals surface area contributed by atoms with Gasteiger partial charge in [0.15, 0.2) is 14.9 Å². The molecule has 8 heteroatoms. The molecule has 0 aliphatic heterocycles. The molecule has 0 fully saturated rings. The van der Waals surface area contributed by atoms with Crippen LogP contribution in [0.1, 0.15) is 0 Å². The molecule has 0 aromatic carbocycles. The van der Waals surface area contributed by atoms with Crippen LogP contribution in [-0.4, -0.2) is 34.7 Å². The molecule has 13 heavy (non-hydrogen) atoms. The second-order valence-corrected chi connectivity index (χ2v) is 7.34. The highest BCUT2D eigenvalue weighted by Crippen LogP contribution is 1.96. The van der Waals surface area contributed by atoms with E-state index >= 15 is 0 Å². The van der Waals surface area contributed by atoms with E-state index < -0.39 is 24.9 Å². The molecule has 0 aliphatic rings. The van der Waals surface area contributed by atoms with Crippen LogP contribution in [0.4, 0.5) is 0 Å². The van der Waals surface area contributed by atoms with Crippen LogP contribution in [0.15, 0.2) is 11.6 Å². The highest BCUT2D eigenvalue weighted by molar-refractivity contribution is 8.06. The van der Waals surface area contributed by atoms with Crippen molar-refractivity contribution in [2.45, 2.75) is 0 Å². The van der Waals surface area contributed by atoms with E-state index in [1.807, 2.05) is 4.72 Å². The normalized spacial score (nSPS) is 12.8. The Kier molecular flexibility index (Phi) is 4.37. The van der Waals surface area contributed by atoms with E-state index in [0.717, 1.165) is 6.26 Å². The number of sulfone groups is 1. The van der Waals surface area contributed by atoms with E-state index in [1.54, 1.807) is 0 Å². The smallest absolute Gasteiger partial charge is 0.226 e. The van der Waals surface area contributed by atoms with Crippen molar-refractivity contribution in [2.24, 2.45) is 0 Å². The molecule has 0 saturated heterocycles. The van der Waals surface area contributed by atoms with Crippen molar-refractivity contribution >= 4 is 31.5 Å². The Labute approximate surface area is 82.7 Å². The van der Waals surface area contributed by atoms with Gasteiger partial charge < -0.3 is 0 Å². The molecular weight excluding hydrogens is 238 g/mol. The van der Waals surface area contributed by atoms with Gasteiger partial charge in [-0.2, -0.15) is 0 Å². The van der Waals surface area contributed by atoms with Crippen molar-refractivity contribution in [3.8, 4) is 0 Å². The van der Waals surface area contributed by atoms with Crippen molar-refractivity contribution in [3.05, 3.63) is 11.6 Å². The predicted octanol–water partition coefficient (Wildman–Crippen LogP) is -0.340. The molecule has 0 amide bonds. The predicted molar refractivity (Wildman–Crippen MR) is 51.6 cm³/mol. The van der Waals surface area contributed by atoms with Crippen molar-refractivity contribution in [1.29, 1.82) is 0 Å². The Bertz CT molecular complexity index is 383. The zero-order valence-corrected chi connectivity index (χ0v) is 9.34. The lowest BCUT2D eigenvalue weighted by Crippen LogP contribution is -2.30. The van der Waals surface area contributed by atoms with Crippen LogP contribution in [0.25, 0.3) is 0 Å². The Balaban J connectivity index is 4.36. The number of rotatable bonds is 5. The summed E-state index contributed by atoms with van der Waals surface area (Å²) < 4.78 is 45.1. The van der Waals surface area contributed by atoms with Crippen LogP contribution in [-0.2, 0) is 19.9 Å². The lowest BCUT2D eigenvalue weighted by molar-refractivity contribution is 0.584. The van der Waals surface area contributed by atoms with Gasteiger partial charge in [-0.3, -0.25) is 0 Å². The summed E-state index contributed by atoms with van der Waals surface area (Å²) in [5.41, 5.74) is 0. The third kappa shape index (κ3) is 8.23. The SMILES string of the molecule is C=C(Cl)CNS(=O)(=O)CS(C)(=O)=O. The molecule has 0 atom stereocenters. The van der Waals surface area contributed by atoms with Crippen molar-refractivity contribution in [3.63, 3.8) is 0 Å². The van der Waals surface area contributed by atoms with E-state index in [0.29, 0.717) is 0 Å². The number of halogens is 1. The van der Waals surface area contributed by atoms with E-state index in [4.69, 9.17) is 11.6 Å². The van der Waals surface area contributed by atoms with Gasteiger partial charge in [0.05, 0.1) is 0 Å². The standard InChI is InChI=1S/C5H10ClNO4S2/c1-5(6)3-7-13(10,11)4-12(2,8)9/h7H,1,3-4H2,2H3. The van der Waals surface area contributed by atoms with Crippen molar-refractivity contribution < 1.29 is 16.8 Å². The molecule has 0 heterocycles. The first-order valence-electron chi connectivity index (χ1n) is 3.11. The van der Waals surface area contributed by atoms with Gasteiger partial charge in [0.25, 0.3) is 0 Å². The van der Waals surface area contributed by atoms with E-state index in [9.17, 15) is 16.8 Å². The third-order valence-corrected chi connectivity index (χ3v) is 4.52. The first-order valence-corrected chi connectivity index (χ1v) is 7.20. The van der Waals surface area contributed by atoms with Gasteiger partial charge in [-0.15, -0.1) is 0 Å². The van der Waals surface area contributed by atoms with Crippen LogP contribution >= 0.6 is 11.6 Å². The maximum atomic E-state index is 11.0. The largest absolute Gasteiger partial charge is 0.228 e. The van der Waals surface area contributed by atoms with Gasteiger partial charge >= 0.3 is 0 Å². The Morgan fingerprint density at radius 2 is 1.85 bits per heavy atom. The van der Waals surface area contributed by atoms with Crippen LogP contribution in [0.5, 0.6) is 0 Å². The monoisotopic (exact) mass is 247 g/mol. The number of hydrogen-bond donors (Lipinski definition) is 1. The van der Waals surface area contributed by atoms with Gasteiger partial charge in [-0.1, -0.05) is 18.2 Å². The number of hydrogen-bond acceptors (Lipinski definition) is 4. The summed E-state index contributed by atoms with van der Waals surface area (Å²) in [6.45, 7) is 3.08. The minimum absolute atomic E-state index is 0.0945. The number of sulfonamides is 1. The molecule has 0 aliphatic carbocycles. The molecule has 0 spiro atoms. The molecule has 0 unspecified atom stereocenters. The molecule has 0 saturated carbocycles. The van der Waals surface area contributed by atoms with Crippen LogP contribution in [0.3, 0.4) is 0 Å². The summed E-state index contributed by atoms with van der Waals surface area (Å²) >= 11 is 5.28. The first kappa shape index (κ1) is 12.9. The quantitative estimate of drug-likeness (QED) is 0.721. The fourth-order valence-corrected chi connectivity index (χ4v) is 3.64. The highest BCUT2D eigenvalue weighted by Gasteiger charge is 2.17. The summed E-state index contributed by atoms with van der Waals surface area (Å²) in [5, 5.41) is -0.846. The lowest BCUT2D eigenvalue weighted by atomic mass is 10.7. The van der Waals surface area contributed by atoms with Crippen LogP contribution in [0, 0.1) is 0 Å². The Morgan fingerprint density at radius 3 is 2.15 bits per heavy atom. The average molecular weight is 248 g/mol. The molecule has 78 valence electrons. The minimum atomic E-state index is -3.82. The van der Waals surface area contributed by atoms with E-state index in [1.165, 1.54) is 0 Å². The molecule has 0 aromatic heterocycles. The molecule has 0 bridgehead atoms. The average Bonchev–Trinajstić information content (AvgIpc) is 1.78. The summed E-state index contributed by atoms with van der Waals surface area (Å²) in [6.07, 6.45) is 0.835. The highest BCUT2D eigenvalue weighted by atomic mass is 35.5. The zero-order valence-electron chi connectivity index (χ0n) is 6.95. The topological polar surface area (TPSA) is 80.3 Å². The molecule has 0 radical (unpaired) electrons. The van der Waals surface area contributed by atoms with Crippen molar-refractivity contribution in [2.75, 3.05) is 17.9 Å². The van der Waals surface area contributed by atoms with Gasteiger partial charge in [0.1, 0.15) is 0 Å². The molecular formula is C5H10ClNO4S2. The van der Waals surface area contributed by atoms with Crippen LogP contribution < -0.4 is 4.72 Å². The minimum Gasteiger partial charge on any atom is -0.228 e. The molecule has 5 nitrogen and oxygen atoms in total. The second kappa shape index (κ2) is 4.41. The van der Waals surface area contributed by atoms with E-state index in [-0.39, 0.29) is 11.6 Å². The Hall–Kier alpha value is -0.110. The van der Waals surface area contributed by atoms with Crippen molar-refractivity contribution in [1.82, 2.24) is 4.72 Å². The fraction of sp³-hybridized carbons (Fsp3) is 0.600. The first-order chi connectivity index (χ1) is 5.62. The maximum Gasteiger partial charge on any atom is 0.226 e. The fourth-order valence-electron chi connectivity index (χ4n) is 0.512. The number of nitrogens with one attached hydrogen (secondary N) is 1. The molecule has 1 N–H and O–H groups in total. The summed E-state index contributed by atoms with van der Waals surface area (Å²) in [7, 11) is -7.37. The summed E-state index contributed by atoms with van der Waals surface area (Å²) in [6, 6.07) is 0. The van der Waals surface area contributed by atoms with E-state index in [2.05, 4.69) is 6.58 Å². The van der Waals surface area contributed by atoms with Gasteiger partial charge in [0.2, 0.25) is 10.0 Å². The molecule has 0 aromatic rings. The Morgan fingerprint density at radius 1 is 1.38 bits per heavy atom. The zero-order chi connectivity index (χ0) is 10.7.